The number of carbonyl (C=O) groups is 1. The Kier molecular flexibility index (Phi) is 6.23. The summed E-state index contributed by atoms with van der Waals surface area (Å²) < 4.78 is 5.32. The van der Waals surface area contributed by atoms with Gasteiger partial charge in [-0.1, -0.05) is 72.8 Å². The van der Waals surface area contributed by atoms with E-state index in [1.807, 2.05) is 67.6 Å². The molecule has 0 bridgehead atoms. The first-order valence-electron chi connectivity index (χ1n) is 9.08. The van der Waals surface area contributed by atoms with Crippen LogP contribution in [0.2, 0.25) is 0 Å². The van der Waals surface area contributed by atoms with Gasteiger partial charge in [0.25, 0.3) is 5.91 Å². The van der Waals surface area contributed by atoms with Gasteiger partial charge >= 0.3 is 0 Å². The molecule has 0 aliphatic heterocycles. The molecule has 0 aromatic heterocycles. The maximum Gasteiger partial charge on any atom is 0.282 e. The Bertz CT molecular complexity index is 826. The van der Waals surface area contributed by atoms with E-state index < -0.39 is 0 Å². The van der Waals surface area contributed by atoms with Gasteiger partial charge in [0, 0.05) is 11.1 Å². The number of methoxy groups -OCH3 is 1. The van der Waals surface area contributed by atoms with E-state index in [4.69, 9.17) is 4.74 Å². The minimum Gasteiger partial charge on any atom is -0.495 e. The summed E-state index contributed by atoms with van der Waals surface area (Å²) in [4.78, 5) is 12.8. The molecule has 0 radical (unpaired) electrons. The maximum absolute atomic E-state index is 12.8. The molecule has 0 heterocycles. The monoisotopic (exact) mass is 361 g/mol. The highest BCUT2D eigenvalue weighted by atomic mass is 16.5. The Morgan fingerprint density at radius 2 is 1.37 bits per heavy atom. The Hall–Kier alpha value is -3.11. The van der Waals surface area contributed by atoms with Crippen molar-refractivity contribution in [3.8, 4) is 5.75 Å². The molecule has 138 valence electrons. The Morgan fingerprint density at radius 3 is 1.93 bits per heavy atom. The molecule has 4 nitrogen and oxygen atoms in total. The minimum atomic E-state index is -0.277. The third-order valence-electron chi connectivity index (χ3n) is 4.58. The van der Waals surface area contributed by atoms with Gasteiger partial charge < -0.3 is 15.4 Å². The van der Waals surface area contributed by atoms with Gasteiger partial charge in [-0.05, 0) is 19.1 Å². The summed E-state index contributed by atoms with van der Waals surface area (Å²) in [6, 6.07) is 27.7. The third kappa shape index (κ3) is 4.74. The highest BCUT2D eigenvalue weighted by molar-refractivity contribution is 5.94. The molecular formula is C23H25N2O2+. The van der Waals surface area contributed by atoms with Crippen LogP contribution < -0.4 is 15.4 Å². The molecule has 27 heavy (non-hydrogen) atoms. The lowest BCUT2D eigenvalue weighted by atomic mass is 9.98. The number of carbonyl (C=O) groups excluding carboxylic acids is 1. The molecule has 3 aromatic carbocycles. The zero-order valence-corrected chi connectivity index (χ0v) is 15.6. The van der Waals surface area contributed by atoms with Crippen molar-refractivity contribution < 1.29 is 14.8 Å². The summed E-state index contributed by atoms with van der Waals surface area (Å²) in [5, 5.41) is 5.07. The number of anilines is 1. The molecule has 3 aromatic rings. The Labute approximate surface area is 160 Å². The van der Waals surface area contributed by atoms with Crippen molar-refractivity contribution in [1.29, 1.82) is 0 Å². The molecule has 1 amide bonds. The van der Waals surface area contributed by atoms with Gasteiger partial charge in [0.2, 0.25) is 0 Å². The number of benzene rings is 3. The van der Waals surface area contributed by atoms with Crippen LogP contribution in [0.15, 0.2) is 84.9 Å². The van der Waals surface area contributed by atoms with Crippen LogP contribution in [0.4, 0.5) is 5.69 Å². The third-order valence-corrected chi connectivity index (χ3v) is 4.58. The highest BCUT2D eigenvalue weighted by Gasteiger charge is 2.25. The van der Waals surface area contributed by atoms with Crippen molar-refractivity contribution in [3.05, 3.63) is 96.1 Å². The fourth-order valence-corrected chi connectivity index (χ4v) is 3.11. The zero-order chi connectivity index (χ0) is 19.1. The second kappa shape index (κ2) is 9.01. The van der Waals surface area contributed by atoms with Crippen molar-refractivity contribution in [2.75, 3.05) is 12.4 Å². The molecule has 0 unspecified atom stereocenters. The van der Waals surface area contributed by atoms with E-state index in [2.05, 4.69) is 34.9 Å². The second-order valence-electron chi connectivity index (χ2n) is 6.47. The van der Waals surface area contributed by atoms with Crippen molar-refractivity contribution in [2.45, 2.75) is 19.0 Å². The van der Waals surface area contributed by atoms with Gasteiger partial charge in [0.1, 0.15) is 11.8 Å². The molecular weight excluding hydrogens is 336 g/mol. The van der Waals surface area contributed by atoms with Crippen molar-refractivity contribution in [2.24, 2.45) is 0 Å². The van der Waals surface area contributed by atoms with Crippen LogP contribution in [0.25, 0.3) is 0 Å². The quantitative estimate of drug-likeness (QED) is 0.678. The van der Waals surface area contributed by atoms with Gasteiger partial charge in [0.15, 0.2) is 6.04 Å². The SMILES string of the molecule is COc1ccccc1NC(=O)[C@@H](C)[NH2+]C(c1ccccc1)c1ccccc1. The first-order valence-corrected chi connectivity index (χ1v) is 9.08. The summed E-state index contributed by atoms with van der Waals surface area (Å²) in [7, 11) is 1.60. The summed E-state index contributed by atoms with van der Waals surface area (Å²) in [6.07, 6.45) is 0. The molecule has 4 heteroatoms. The number of hydrogen-bond acceptors (Lipinski definition) is 2. The van der Waals surface area contributed by atoms with Crippen LogP contribution in [0.3, 0.4) is 0 Å². The van der Waals surface area contributed by atoms with Crippen LogP contribution in [-0.2, 0) is 4.79 Å². The number of hydrogen-bond donors (Lipinski definition) is 2. The lowest BCUT2D eigenvalue weighted by molar-refractivity contribution is -0.704. The number of amides is 1. The van der Waals surface area contributed by atoms with E-state index >= 15 is 0 Å². The largest absolute Gasteiger partial charge is 0.495 e. The molecule has 0 saturated heterocycles. The predicted octanol–water partition coefficient (Wildman–Crippen LogP) is 3.38. The fraction of sp³-hybridized carbons (Fsp3) is 0.174. The molecule has 3 N–H and O–H groups in total. The van der Waals surface area contributed by atoms with E-state index in [0.29, 0.717) is 11.4 Å². The Balaban J connectivity index is 1.78. The molecule has 0 spiro atoms. The van der Waals surface area contributed by atoms with Crippen molar-refractivity contribution in [1.82, 2.24) is 0 Å². The summed E-state index contributed by atoms with van der Waals surface area (Å²) in [5.74, 6) is 0.595. The first-order chi connectivity index (χ1) is 13.2. The lowest BCUT2D eigenvalue weighted by Gasteiger charge is -2.21. The normalized spacial score (nSPS) is 11.8. The molecule has 3 rings (SSSR count). The minimum absolute atomic E-state index is 0.0471. The molecule has 0 saturated carbocycles. The van der Waals surface area contributed by atoms with E-state index in [1.54, 1.807) is 7.11 Å². The first kappa shape index (κ1) is 18.7. The summed E-state index contributed by atoms with van der Waals surface area (Å²) in [6.45, 7) is 1.92. The van der Waals surface area contributed by atoms with E-state index in [9.17, 15) is 4.79 Å². The van der Waals surface area contributed by atoms with Gasteiger partial charge in [0.05, 0.1) is 12.8 Å². The zero-order valence-electron chi connectivity index (χ0n) is 15.6. The number of para-hydroxylation sites is 2. The number of rotatable bonds is 7. The van der Waals surface area contributed by atoms with Gasteiger partial charge in [-0.2, -0.15) is 0 Å². The highest BCUT2D eigenvalue weighted by Crippen LogP contribution is 2.23. The van der Waals surface area contributed by atoms with Crippen LogP contribution in [-0.4, -0.2) is 19.1 Å². The topological polar surface area (TPSA) is 54.9 Å². The van der Waals surface area contributed by atoms with E-state index in [0.717, 1.165) is 0 Å². The van der Waals surface area contributed by atoms with Gasteiger partial charge in [-0.3, -0.25) is 4.79 Å². The van der Waals surface area contributed by atoms with E-state index in [1.165, 1.54) is 11.1 Å². The molecule has 0 fully saturated rings. The molecule has 1 atom stereocenters. The maximum atomic E-state index is 12.8. The predicted molar refractivity (Wildman–Crippen MR) is 108 cm³/mol. The number of ether oxygens (including phenoxy) is 1. The van der Waals surface area contributed by atoms with Crippen molar-refractivity contribution in [3.63, 3.8) is 0 Å². The smallest absolute Gasteiger partial charge is 0.282 e. The summed E-state index contributed by atoms with van der Waals surface area (Å²) >= 11 is 0. The average Bonchev–Trinajstić information content (AvgIpc) is 2.73. The van der Waals surface area contributed by atoms with Gasteiger partial charge in [-0.15, -0.1) is 0 Å². The van der Waals surface area contributed by atoms with Crippen LogP contribution in [0.5, 0.6) is 5.75 Å². The average molecular weight is 361 g/mol. The van der Waals surface area contributed by atoms with Gasteiger partial charge in [-0.25, -0.2) is 0 Å². The van der Waals surface area contributed by atoms with Crippen LogP contribution >= 0.6 is 0 Å². The Morgan fingerprint density at radius 1 is 0.852 bits per heavy atom. The van der Waals surface area contributed by atoms with Crippen LogP contribution in [0.1, 0.15) is 24.1 Å². The standard InChI is InChI=1S/C23H24N2O2/c1-17(23(26)25-20-15-9-10-16-21(20)27-2)24-22(18-11-5-3-6-12-18)19-13-7-4-8-14-19/h3-17,22,24H,1-2H3,(H,25,26)/p+1/t17-/m1/s1. The fourth-order valence-electron chi connectivity index (χ4n) is 3.11. The molecule has 0 aliphatic carbocycles. The second-order valence-corrected chi connectivity index (χ2v) is 6.47. The van der Waals surface area contributed by atoms with Crippen molar-refractivity contribution >= 4 is 11.6 Å². The summed E-state index contributed by atoms with van der Waals surface area (Å²) in [5.41, 5.74) is 3.02. The molecule has 0 aliphatic rings. The number of nitrogens with one attached hydrogen (secondary N) is 1. The lowest BCUT2D eigenvalue weighted by Crippen LogP contribution is -2.92. The van der Waals surface area contributed by atoms with E-state index in [-0.39, 0.29) is 18.0 Å². The number of quaternary nitrogens is 1. The number of nitrogens with two attached hydrogens (primary N) is 1. The van der Waals surface area contributed by atoms with Crippen LogP contribution in [0, 0.1) is 0 Å².